The van der Waals surface area contributed by atoms with Crippen molar-refractivity contribution in [2.24, 2.45) is 10.2 Å². The van der Waals surface area contributed by atoms with Crippen LogP contribution in [0.3, 0.4) is 0 Å². The Morgan fingerprint density at radius 2 is 1.41 bits per heavy atom. The molecule has 0 aromatic heterocycles. The van der Waals surface area contributed by atoms with Crippen LogP contribution in [-0.2, 0) is 0 Å². The molecule has 0 aliphatic heterocycles. The topological polar surface area (TPSA) is 45.0 Å². The number of phenols is 1. The van der Waals surface area contributed by atoms with Crippen LogP contribution in [0.15, 0.2) is 138 Å². The molecular formula is C29H26N2O. The van der Waals surface area contributed by atoms with E-state index in [1.165, 1.54) is 0 Å². The van der Waals surface area contributed by atoms with E-state index < -0.39 is 0 Å². The van der Waals surface area contributed by atoms with E-state index in [-0.39, 0.29) is 5.75 Å². The molecule has 0 fully saturated rings. The number of allylic oxidation sites excluding steroid dienone is 8. The molecule has 0 amide bonds. The zero-order valence-corrected chi connectivity index (χ0v) is 18.2. The van der Waals surface area contributed by atoms with Crippen molar-refractivity contribution in [3.05, 3.63) is 133 Å². The van der Waals surface area contributed by atoms with Gasteiger partial charge < -0.3 is 5.11 Å². The maximum atomic E-state index is 10.2. The maximum absolute atomic E-state index is 10.2. The molecule has 3 aromatic rings. The lowest BCUT2D eigenvalue weighted by Crippen LogP contribution is -1.75. The summed E-state index contributed by atoms with van der Waals surface area (Å²) in [6.07, 6.45) is 11.6. The summed E-state index contributed by atoms with van der Waals surface area (Å²) in [6.45, 7) is 13.8. The first kappa shape index (κ1) is 22.4. The first-order chi connectivity index (χ1) is 15.4. The van der Waals surface area contributed by atoms with Crippen molar-refractivity contribution in [3.63, 3.8) is 0 Å². The van der Waals surface area contributed by atoms with Crippen LogP contribution in [0.25, 0.3) is 16.8 Å². The van der Waals surface area contributed by atoms with E-state index in [4.69, 9.17) is 0 Å². The Balaban J connectivity index is 1.66. The summed E-state index contributed by atoms with van der Waals surface area (Å²) < 4.78 is 0. The van der Waals surface area contributed by atoms with Crippen molar-refractivity contribution in [2.75, 3.05) is 0 Å². The zero-order chi connectivity index (χ0) is 22.9. The molecule has 0 saturated heterocycles. The van der Waals surface area contributed by atoms with Gasteiger partial charge in [0, 0.05) is 5.39 Å². The van der Waals surface area contributed by atoms with Crippen LogP contribution in [0.2, 0.25) is 0 Å². The van der Waals surface area contributed by atoms with Crippen molar-refractivity contribution in [1.82, 2.24) is 0 Å². The monoisotopic (exact) mass is 418 g/mol. The molecule has 0 unspecified atom stereocenters. The van der Waals surface area contributed by atoms with Gasteiger partial charge in [0.05, 0.1) is 5.69 Å². The van der Waals surface area contributed by atoms with Gasteiger partial charge in [-0.05, 0) is 47.2 Å². The van der Waals surface area contributed by atoms with Crippen molar-refractivity contribution in [1.29, 1.82) is 0 Å². The average molecular weight is 419 g/mol. The lowest BCUT2D eigenvalue weighted by atomic mass is 10.1. The third-order valence-electron chi connectivity index (χ3n) is 4.62. The molecular weight excluding hydrogens is 392 g/mol. The summed E-state index contributed by atoms with van der Waals surface area (Å²) in [5.41, 5.74) is 4.92. The minimum atomic E-state index is 0.108. The fraction of sp³-hybridized carbons (Fsp3) is 0.0345. The van der Waals surface area contributed by atoms with Crippen molar-refractivity contribution in [3.8, 4) is 5.75 Å². The Hall–Kier alpha value is -4.24. The lowest BCUT2D eigenvalue weighted by molar-refractivity contribution is 0.477. The highest BCUT2D eigenvalue weighted by Crippen LogP contribution is 2.35. The van der Waals surface area contributed by atoms with Gasteiger partial charge in [-0.1, -0.05) is 104 Å². The SMILES string of the molecule is C=C(C)C=CC(=C)C=CC(=C)C=Cc1ccc(N=Nc2c(O)ccc3ccccc23)cc1. The number of hydrogen-bond donors (Lipinski definition) is 1. The highest BCUT2D eigenvalue weighted by Gasteiger charge is 2.05. The lowest BCUT2D eigenvalue weighted by Gasteiger charge is -2.03. The summed E-state index contributed by atoms with van der Waals surface area (Å²) in [5.74, 6) is 0.108. The Labute approximate surface area is 189 Å². The van der Waals surface area contributed by atoms with Crippen LogP contribution >= 0.6 is 0 Å². The number of nitrogens with zero attached hydrogens (tertiary/aromatic N) is 2. The molecule has 0 heterocycles. The Morgan fingerprint density at radius 3 is 2.12 bits per heavy atom. The minimum absolute atomic E-state index is 0.108. The van der Waals surface area contributed by atoms with E-state index in [2.05, 4.69) is 30.0 Å². The van der Waals surface area contributed by atoms with Gasteiger partial charge in [-0.3, -0.25) is 0 Å². The van der Waals surface area contributed by atoms with Crippen LogP contribution in [-0.4, -0.2) is 5.11 Å². The summed E-state index contributed by atoms with van der Waals surface area (Å²) in [5, 5.41) is 20.6. The summed E-state index contributed by atoms with van der Waals surface area (Å²) in [6, 6.07) is 19.0. The number of fused-ring (bicyclic) bond motifs is 1. The number of azo groups is 1. The number of benzene rings is 3. The number of hydrogen-bond acceptors (Lipinski definition) is 3. The van der Waals surface area contributed by atoms with E-state index in [1.807, 2.05) is 98.0 Å². The second-order valence-electron chi connectivity index (χ2n) is 7.44. The smallest absolute Gasteiger partial charge is 0.143 e. The predicted molar refractivity (Wildman–Crippen MR) is 137 cm³/mol. The number of aromatic hydroxyl groups is 1. The summed E-state index contributed by atoms with van der Waals surface area (Å²) in [7, 11) is 0. The second-order valence-corrected chi connectivity index (χ2v) is 7.44. The van der Waals surface area contributed by atoms with E-state index in [0.29, 0.717) is 11.4 Å². The molecule has 32 heavy (non-hydrogen) atoms. The molecule has 0 atom stereocenters. The molecule has 0 aliphatic carbocycles. The minimum Gasteiger partial charge on any atom is -0.506 e. The van der Waals surface area contributed by atoms with Crippen molar-refractivity contribution in [2.45, 2.75) is 6.92 Å². The zero-order valence-electron chi connectivity index (χ0n) is 18.2. The molecule has 158 valence electrons. The molecule has 3 rings (SSSR count). The molecule has 0 bridgehead atoms. The molecule has 3 nitrogen and oxygen atoms in total. The van der Waals surface area contributed by atoms with Gasteiger partial charge in [-0.25, -0.2) is 0 Å². The fourth-order valence-electron chi connectivity index (χ4n) is 2.89. The predicted octanol–water partition coefficient (Wildman–Crippen LogP) is 8.77. The van der Waals surface area contributed by atoms with Crippen LogP contribution in [0.5, 0.6) is 5.75 Å². The molecule has 3 heteroatoms. The first-order valence-electron chi connectivity index (χ1n) is 10.2. The van der Waals surface area contributed by atoms with Crippen molar-refractivity contribution < 1.29 is 5.11 Å². The van der Waals surface area contributed by atoms with Crippen LogP contribution in [0.4, 0.5) is 11.4 Å². The third-order valence-corrected chi connectivity index (χ3v) is 4.62. The van der Waals surface area contributed by atoms with Gasteiger partial charge in [0.25, 0.3) is 0 Å². The molecule has 0 spiro atoms. The highest BCUT2D eigenvalue weighted by atomic mass is 16.3. The van der Waals surface area contributed by atoms with Gasteiger partial charge in [0.2, 0.25) is 0 Å². The van der Waals surface area contributed by atoms with Gasteiger partial charge >= 0.3 is 0 Å². The Morgan fingerprint density at radius 1 is 0.750 bits per heavy atom. The fourth-order valence-corrected chi connectivity index (χ4v) is 2.89. The third kappa shape index (κ3) is 6.38. The molecule has 0 saturated carbocycles. The second kappa shape index (κ2) is 10.7. The maximum Gasteiger partial charge on any atom is 0.143 e. The van der Waals surface area contributed by atoms with Crippen LogP contribution in [0.1, 0.15) is 12.5 Å². The average Bonchev–Trinajstić information content (AvgIpc) is 2.80. The normalized spacial score (nSPS) is 11.9. The Kier molecular flexibility index (Phi) is 7.50. The van der Waals surface area contributed by atoms with Gasteiger partial charge in [0.15, 0.2) is 0 Å². The Bertz CT molecular complexity index is 1270. The van der Waals surface area contributed by atoms with Gasteiger partial charge in [0.1, 0.15) is 11.4 Å². The van der Waals surface area contributed by atoms with Crippen LogP contribution in [0, 0.1) is 0 Å². The molecule has 1 N–H and O–H groups in total. The van der Waals surface area contributed by atoms with E-state index in [0.717, 1.165) is 33.1 Å². The largest absolute Gasteiger partial charge is 0.506 e. The van der Waals surface area contributed by atoms with E-state index in [9.17, 15) is 5.11 Å². The molecule has 0 aliphatic rings. The number of phenolic OH excluding ortho intramolecular Hbond substituents is 1. The number of rotatable bonds is 8. The van der Waals surface area contributed by atoms with E-state index in [1.54, 1.807) is 6.07 Å². The van der Waals surface area contributed by atoms with Gasteiger partial charge in [-0.2, -0.15) is 5.11 Å². The van der Waals surface area contributed by atoms with E-state index >= 15 is 0 Å². The summed E-state index contributed by atoms with van der Waals surface area (Å²) >= 11 is 0. The summed E-state index contributed by atoms with van der Waals surface area (Å²) in [4.78, 5) is 0. The molecule has 0 radical (unpaired) electrons. The quantitative estimate of drug-likeness (QED) is 0.288. The van der Waals surface area contributed by atoms with Crippen molar-refractivity contribution >= 4 is 28.2 Å². The first-order valence-corrected chi connectivity index (χ1v) is 10.2. The standard InChI is InChI=1S/C29H26N2O/c1-21(2)9-10-22(3)11-12-23(4)13-14-24-15-18-26(19-16-24)30-31-29-27-8-6-5-7-25(27)17-20-28(29)32/h5-20,32H,1,3-4H2,2H3. The highest BCUT2D eigenvalue weighted by molar-refractivity contribution is 5.95. The molecule has 3 aromatic carbocycles. The van der Waals surface area contributed by atoms with Gasteiger partial charge in [-0.15, -0.1) is 5.11 Å². The van der Waals surface area contributed by atoms with Crippen LogP contribution < -0.4 is 0 Å².